The van der Waals surface area contributed by atoms with E-state index >= 15 is 0 Å². The fourth-order valence-electron chi connectivity index (χ4n) is 2.93. The lowest BCUT2D eigenvalue weighted by Crippen LogP contribution is -2.44. The van der Waals surface area contributed by atoms with Crippen molar-refractivity contribution < 1.29 is 14.3 Å². The number of ether oxygens (including phenoxy) is 2. The molecule has 2 rings (SSSR count). The zero-order valence-electron chi connectivity index (χ0n) is 14.7. The summed E-state index contributed by atoms with van der Waals surface area (Å²) >= 11 is 3.56. The molecule has 1 N–H and O–H groups in total. The average Bonchev–Trinajstić information content (AvgIpc) is 2.59. The van der Waals surface area contributed by atoms with E-state index in [9.17, 15) is 4.79 Å². The molecule has 1 aromatic rings. The van der Waals surface area contributed by atoms with Gasteiger partial charge in [-0.15, -0.1) is 0 Å². The number of likely N-dealkylation sites (N-methyl/N-ethyl adjacent to an activating group) is 1. The van der Waals surface area contributed by atoms with Crippen molar-refractivity contribution in [3.05, 3.63) is 22.2 Å². The van der Waals surface area contributed by atoms with Gasteiger partial charge in [0.2, 0.25) is 5.91 Å². The van der Waals surface area contributed by atoms with E-state index in [1.54, 1.807) is 0 Å². The summed E-state index contributed by atoms with van der Waals surface area (Å²) in [4.78, 5) is 14.5. The highest BCUT2D eigenvalue weighted by Crippen LogP contribution is 2.34. The molecule has 1 aliphatic heterocycles. The normalized spacial score (nSPS) is 15.2. The fraction of sp³-hybridized carbons (Fsp3) is 0.611. The van der Waals surface area contributed by atoms with Gasteiger partial charge >= 0.3 is 0 Å². The highest BCUT2D eigenvalue weighted by Gasteiger charge is 2.23. The maximum absolute atomic E-state index is 12.7. The molecule has 0 atom stereocenters. The number of benzene rings is 1. The predicted octanol–water partition coefficient (Wildman–Crippen LogP) is 3.00. The molecule has 0 aliphatic carbocycles. The Labute approximate surface area is 152 Å². The molecule has 1 aliphatic rings. The van der Waals surface area contributed by atoms with Crippen LogP contribution in [0, 0.1) is 0 Å². The minimum Gasteiger partial charge on any atom is -0.490 e. The van der Waals surface area contributed by atoms with Gasteiger partial charge in [0.1, 0.15) is 0 Å². The van der Waals surface area contributed by atoms with Crippen LogP contribution in [0.15, 0.2) is 16.6 Å². The first kappa shape index (κ1) is 19.1. The number of amides is 1. The third kappa shape index (κ3) is 4.86. The Balaban J connectivity index is 2.12. The second-order valence-electron chi connectivity index (χ2n) is 5.92. The standard InChI is InChI=1S/C18H27BrN2O3/c1-4-23-16-10-13(15(19)12-17(16)24-5-2)11-18(22)21(3)14-6-8-20-9-7-14/h10,12,14,20H,4-9,11H2,1-3H3. The Hall–Kier alpha value is -1.27. The third-order valence-corrected chi connectivity index (χ3v) is 5.04. The van der Waals surface area contributed by atoms with Crippen molar-refractivity contribution in [3.63, 3.8) is 0 Å². The Kier molecular flexibility index (Phi) is 7.37. The zero-order valence-corrected chi connectivity index (χ0v) is 16.3. The van der Waals surface area contributed by atoms with Crippen molar-refractivity contribution in [2.45, 2.75) is 39.2 Å². The Bertz CT molecular complexity index is 559. The van der Waals surface area contributed by atoms with Crippen LogP contribution in [-0.4, -0.2) is 50.2 Å². The number of halogens is 1. The van der Waals surface area contributed by atoms with Crippen LogP contribution in [0.5, 0.6) is 11.5 Å². The molecule has 1 heterocycles. The summed E-state index contributed by atoms with van der Waals surface area (Å²) in [5, 5.41) is 3.33. The summed E-state index contributed by atoms with van der Waals surface area (Å²) in [5.74, 6) is 1.53. The smallest absolute Gasteiger partial charge is 0.227 e. The molecular weight excluding hydrogens is 372 g/mol. The quantitative estimate of drug-likeness (QED) is 0.766. The Morgan fingerprint density at radius 1 is 1.21 bits per heavy atom. The molecule has 0 bridgehead atoms. The number of hydrogen-bond donors (Lipinski definition) is 1. The van der Waals surface area contributed by atoms with Gasteiger partial charge < -0.3 is 19.7 Å². The van der Waals surface area contributed by atoms with E-state index < -0.39 is 0 Å². The molecule has 1 fully saturated rings. The third-order valence-electron chi connectivity index (χ3n) is 4.30. The Morgan fingerprint density at radius 3 is 2.38 bits per heavy atom. The van der Waals surface area contributed by atoms with E-state index in [-0.39, 0.29) is 5.91 Å². The van der Waals surface area contributed by atoms with Gasteiger partial charge in [-0.05, 0) is 57.5 Å². The summed E-state index contributed by atoms with van der Waals surface area (Å²) in [6.07, 6.45) is 2.38. The minimum atomic E-state index is 0.134. The van der Waals surface area contributed by atoms with Crippen molar-refractivity contribution in [1.29, 1.82) is 0 Å². The average molecular weight is 399 g/mol. The number of hydrogen-bond acceptors (Lipinski definition) is 4. The van der Waals surface area contributed by atoms with Gasteiger partial charge in [0, 0.05) is 17.6 Å². The Morgan fingerprint density at radius 2 is 1.79 bits per heavy atom. The number of carbonyl (C=O) groups is 1. The summed E-state index contributed by atoms with van der Waals surface area (Å²) in [7, 11) is 1.91. The summed E-state index contributed by atoms with van der Waals surface area (Å²) in [6.45, 7) is 6.96. The molecule has 1 saturated heterocycles. The van der Waals surface area contributed by atoms with Crippen molar-refractivity contribution in [3.8, 4) is 11.5 Å². The second kappa shape index (κ2) is 9.28. The highest BCUT2D eigenvalue weighted by atomic mass is 79.9. The molecule has 0 radical (unpaired) electrons. The second-order valence-corrected chi connectivity index (χ2v) is 6.77. The van der Waals surface area contributed by atoms with E-state index in [0.29, 0.717) is 37.2 Å². The topological polar surface area (TPSA) is 50.8 Å². The molecule has 24 heavy (non-hydrogen) atoms. The first-order chi connectivity index (χ1) is 11.6. The maximum atomic E-state index is 12.7. The van der Waals surface area contributed by atoms with Crippen LogP contribution in [0.25, 0.3) is 0 Å². The van der Waals surface area contributed by atoms with Crippen LogP contribution >= 0.6 is 15.9 Å². The van der Waals surface area contributed by atoms with Crippen molar-refractivity contribution in [1.82, 2.24) is 10.2 Å². The molecule has 134 valence electrons. The molecule has 1 amide bonds. The van der Waals surface area contributed by atoms with E-state index in [1.807, 2.05) is 37.9 Å². The number of carbonyl (C=O) groups excluding carboxylic acids is 1. The molecule has 5 nitrogen and oxygen atoms in total. The van der Waals surface area contributed by atoms with Crippen LogP contribution in [0.1, 0.15) is 32.3 Å². The first-order valence-electron chi connectivity index (χ1n) is 8.61. The van der Waals surface area contributed by atoms with Crippen LogP contribution in [0.2, 0.25) is 0 Å². The predicted molar refractivity (Wildman–Crippen MR) is 98.8 cm³/mol. The lowest BCUT2D eigenvalue weighted by atomic mass is 10.0. The van der Waals surface area contributed by atoms with Crippen LogP contribution in [0.3, 0.4) is 0 Å². The number of rotatable bonds is 7. The lowest BCUT2D eigenvalue weighted by molar-refractivity contribution is -0.131. The first-order valence-corrected chi connectivity index (χ1v) is 9.40. The molecule has 1 aromatic carbocycles. The lowest BCUT2D eigenvalue weighted by Gasteiger charge is -2.31. The van der Waals surface area contributed by atoms with Gasteiger partial charge in [0.05, 0.1) is 19.6 Å². The summed E-state index contributed by atoms with van der Waals surface area (Å²) in [5.41, 5.74) is 0.924. The van der Waals surface area contributed by atoms with Crippen LogP contribution in [0.4, 0.5) is 0 Å². The molecule has 0 saturated carbocycles. The van der Waals surface area contributed by atoms with Gasteiger partial charge in [0.25, 0.3) is 0 Å². The van der Waals surface area contributed by atoms with Crippen molar-refractivity contribution in [2.24, 2.45) is 0 Å². The van der Waals surface area contributed by atoms with Crippen molar-refractivity contribution in [2.75, 3.05) is 33.4 Å². The van der Waals surface area contributed by atoms with Gasteiger partial charge in [-0.25, -0.2) is 0 Å². The molecule has 0 aromatic heterocycles. The summed E-state index contributed by atoms with van der Waals surface area (Å²) < 4.78 is 12.2. The van der Waals surface area contributed by atoms with E-state index in [4.69, 9.17) is 9.47 Å². The monoisotopic (exact) mass is 398 g/mol. The van der Waals surface area contributed by atoms with Gasteiger partial charge in [0.15, 0.2) is 11.5 Å². The number of piperidine rings is 1. The molecule has 0 unspecified atom stereocenters. The van der Waals surface area contributed by atoms with Crippen molar-refractivity contribution >= 4 is 21.8 Å². The largest absolute Gasteiger partial charge is 0.490 e. The van der Waals surface area contributed by atoms with E-state index in [1.165, 1.54) is 0 Å². The molecular formula is C18H27BrN2O3. The number of nitrogens with zero attached hydrogens (tertiary/aromatic N) is 1. The maximum Gasteiger partial charge on any atom is 0.227 e. The van der Waals surface area contributed by atoms with E-state index in [2.05, 4.69) is 21.2 Å². The van der Waals surface area contributed by atoms with Gasteiger partial charge in [-0.3, -0.25) is 4.79 Å². The molecule has 0 spiro atoms. The SMILES string of the molecule is CCOc1cc(Br)c(CC(=O)N(C)C2CCNCC2)cc1OCC. The summed E-state index contributed by atoms with van der Waals surface area (Å²) in [6, 6.07) is 4.13. The van der Waals surface area contributed by atoms with Gasteiger partial charge in [-0.2, -0.15) is 0 Å². The number of nitrogens with one attached hydrogen (secondary N) is 1. The van der Waals surface area contributed by atoms with Crippen LogP contribution < -0.4 is 14.8 Å². The van der Waals surface area contributed by atoms with Crippen LogP contribution in [-0.2, 0) is 11.2 Å². The minimum absolute atomic E-state index is 0.134. The van der Waals surface area contributed by atoms with Gasteiger partial charge in [-0.1, -0.05) is 15.9 Å². The highest BCUT2D eigenvalue weighted by molar-refractivity contribution is 9.10. The molecule has 6 heteroatoms. The fourth-order valence-corrected chi connectivity index (χ4v) is 3.40. The zero-order chi connectivity index (χ0) is 17.5. The van der Waals surface area contributed by atoms with E-state index in [0.717, 1.165) is 36.0 Å².